The van der Waals surface area contributed by atoms with Crippen LogP contribution in [0.5, 0.6) is 0 Å². The minimum atomic E-state index is -0.885. The number of aromatic nitrogens is 1. The highest BCUT2D eigenvalue weighted by molar-refractivity contribution is 7.13. The first-order valence-electron chi connectivity index (χ1n) is 4.55. The van der Waals surface area contributed by atoms with Crippen LogP contribution in [0.3, 0.4) is 0 Å². The summed E-state index contributed by atoms with van der Waals surface area (Å²) in [4.78, 5) is 16.3. The van der Waals surface area contributed by atoms with Gasteiger partial charge in [0.1, 0.15) is 0 Å². The van der Waals surface area contributed by atoms with Crippen LogP contribution in [0, 0.1) is 0 Å². The van der Waals surface area contributed by atoms with Crippen molar-refractivity contribution in [2.75, 3.05) is 18.8 Å². The van der Waals surface area contributed by atoms with Crippen LogP contribution in [0.15, 0.2) is 11.5 Å². The first-order valence-corrected chi connectivity index (χ1v) is 5.43. The largest absolute Gasteiger partial charge is 0.465 e. The van der Waals surface area contributed by atoms with Crippen LogP contribution in [-0.4, -0.2) is 34.2 Å². The lowest BCUT2D eigenvalue weighted by Gasteiger charge is -2.23. The molecule has 0 atom stereocenters. The Morgan fingerprint density at radius 1 is 1.67 bits per heavy atom. The molecule has 0 aliphatic carbocycles. The second kappa shape index (κ2) is 3.90. The average molecular weight is 225 g/mol. The van der Waals surface area contributed by atoms with E-state index in [0.29, 0.717) is 18.2 Å². The van der Waals surface area contributed by atoms with Crippen molar-refractivity contribution in [2.45, 2.75) is 6.42 Å². The topological polar surface area (TPSA) is 79.5 Å². The van der Waals surface area contributed by atoms with E-state index < -0.39 is 6.09 Å². The molecule has 0 unspecified atom stereocenters. The monoisotopic (exact) mass is 225 g/mol. The molecular formula is C9H11N3O2S. The number of rotatable bonds is 1. The SMILES string of the molecule is Nc1nc(C2=CCCN(C(=O)O)C2)cs1. The average Bonchev–Trinajstić information content (AvgIpc) is 2.65. The van der Waals surface area contributed by atoms with E-state index in [0.717, 1.165) is 17.7 Å². The standard InChI is InChI=1S/C9H11N3O2S/c10-8-11-7(5-15-8)6-2-1-3-12(4-6)9(13)14/h2,5H,1,3-4H2,(H2,10,11)(H,13,14). The van der Waals surface area contributed by atoms with Crippen molar-refractivity contribution >= 4 is 28.1 Å². The van der Waals surface area contributed by atoms with Gasteiger partial charge in [-0.05, 0) is 12.0 Å². The number of thiazole rings is 1. The molecule has 15 heavy (non-hydrogen) atoms. The third kappa shape index (κ3) is 2.10. The van der Waals surface area contributed by atoms with Crippen LogP contribution < -0.4 is 5.73 Å². The van der Waals surface area contributed by atoms with E-state index in [1.54, 1.807) is 0 Å². The molecule has 0 spiro atoms. The van der Waals surface area contributed by atoms with Crippen molar-refractivity contribution in [2.24, 2.45) is 0 Å². The molecule has 2 heterocycles. The number of amides is 1. The van der Waals surface area contributed by atoms with Gasteiger partial charge in [-0.15, -0.1) is 11.3 Å². The zero-order chi connectivity index (χ0) is 10.8. The molecule has 2 rings (SSSR count). The van der Waals surface area contributed by atoms with Gasteiger partial charge in [0.25, 0.3) is 0 Å². The van der Waals surface area contributed by atoms with Crippen LogP contribution >= 0.6 is 11.3 Å². The maximum atomic E-state index is 10.8. The van der Waals surface area contributed by atoms with Crippen LogP contribution in [0.25, 0.3) is 5.57 Å². The van der Waals surface area contributed by atoms with Crippen molar-refractivity contribution in [1.82, 2.24) is 9.88 Å². The number of hydrogen-bond acceptors (Lipinski definition) is 4. The van der Waals surface area contributed by atoms with Crippen LogP contribution in [-0.2, 0) is 0 Å². The Kier molecular flexibility index (Phi) is 2.59. The van der Waals surface area contributed by atoms with Gasteiger partial charge in [0.05, 0.1) is 12.2 Å². The highest BCUT2D eigenvalue weighted by Gasteiger charge is 2.19. The van der Waals surface area contributed by atoms with Crippen molar-refractivity contribution < 1.29 is 9.90 Å². The Morgan fingerprint density at radius 2 is 2.47 bits per heavy atom. The number of carboxylic acid groups (broad SMARTS) is 1. The molecule has 1 amide bonds. The first kappa shape index (κ1) is 9.97. The molecule has 3 N–H and O–H groups in total. The quantitative estimate of drug-likeness (QED) is 0.759. The van der Waals surface area contributed by atoms with Gasteiger partial charge in [-0.3, -0.25) is 0 Å². The minimum absolute atomic E-state index is 0.401. The molecule has 0 saturated heterocycles. The smallest absolute Gasteiger partial charge is 0.407 e. The van der Waals surface area contributed by atoms with Gasteiger partial charge in [-0.1, -0.05) is 6.08 Å². The fraction of sp³-hybridized carbons (Fsp3) is 0.333. The second-order valence-corrected chi connectivity index (χ2v) is 4.18. The Morgan fingerprint density at radius 3 is 3.07 bits per heavy atom. The summed E-state index contributed by atoms with van der Waals surface area (Å²) in [6, 6.07) is 0. The van der Waals surface area contributed by atoms with Crippen LogP contribution in [0.2, 0.25) is 0 Å². The molecule has 6 heteroatoms. The van der Waals surface area contributed by atoms with Gasteiger partial charge in [0, 0.05) is 11.9 Å². The van der Waals surface area contributed by atoms with Crippen LogP contribution in [0.4, 0.5) is 9.93 Å². The van der Waals surface area contributed by atoms with E-state index in [-0.39, 0.29) is 0 Å². The molecule has 1 aromatic heterocycles. The minimum Gasteiger partial charge on any atom is -0.465 e. The molecule has 1 aliphatic rings. The zero-order valence-electron chi connectivity index (χ0n) is 8.01. The highest BCUT2D eigenvalue weighted by atomic mass is 32.1. The maximum Gasteiger partial charge on any atom is 0.407 e. The van der Waals surface area contributed by atoms with E-state index in [4.69, 9.17) is 10.8 Å². The molecule has 0 saturated carbocycles. The van der Waals surface area contributed by atoms with E-state index in [1.165, 1.54) is 16.2 Å². The zero-order valence-corrected chi connectivity index (χ0v) is 8.83. The Labute approximate surface area is 90.8 Å². The maximum absolute atomic E-state index is 10.8. The predicted molar refractivity (Wildman–Crippen MR) is 58.7 cm³/mol. The molecule has 5 nitrogen and oxygen atoms in total. The molecular weight excluding hydrogens is 214 g/mol. The number of carbonyl (C=O) groups is 1. The highest BCUT2D eigenvalue weighted by Crippen LogP contribution is 2.23. The molecule has 80 valence electrons. The van der Waals surface area contributed by atoms with Crippen molar-refractivity contribution in [3.8, 4) is 0 Å². The summed E-state index contributed by atoms with van der Waals surface area (Å²) in [6.45, 7) is 0.955. The third-order valence-electron chi connectivity index (χ3n) is 2.27. The number of nitrogens with two attached hydrogens (primary N) is 1. The fourth-order valence-corrected chi connectivity index (χ4v) is 2.12. The van der Waals surface area contributed by atoms with Gasteiger partial charge in [0.15, 0.2) is 5.13 Å². The lowest BCUT2D eigenvalue weighted by molar-refractivity contribution is 0.150. The number of anilines is 1. The number of nitrogen functional groups attached to an aromatic ring is 1. The molecule has 1 aliphatic heterocycles. The fourth-order valence-electron chi connectivity index (χ4n) is 1.53. The van der Waals surface area contributed by atoms with Gasteiger partial charge in [0.2, 0.25) is 0 Å². The van der Waals surface area contributed by atoms with E-state index in [2.05, 4.69) is 4.98 Å². The van der Waals surface area contributed by atoms with Crippen LogP contribution in [0.1, 0.15) is 12.1 Å². The molecule has 0 bridgehead atoms. The van der Waals surface area contributed by atoms with Crippen molar-refractivity contribution in [3.63, 3.8) is 0 Å². The Hall–Kier alpha value is -1.56. The summed E-state index contributed by atoms with van der Waals surface area (Å²) in [6.07, 6.45) is 1.87. The summed E-state index contributed by atoms with van der Waals surface area (Å²) >= 11 is 1.37. The molecule has 1 aromatic rings. The Bertz CT molecular complexity index is 413. The number of nitrogens with zero attached hydrogens (tertiary/aromatic N) is 2. The van der Waals surface area contributed by atoms with Gasteiger partial charge >= 0.3 is 6.09 Å². The second-order valence-electron chi connectivity index (χ2n) is 3.29. The summed E-state index contributed by atoms with van der Waals surface area (Å²) in [5.74, 6) is 0. The summed E-state index contributed by atoms with van der Waals surface area (Å²) in [5, 5.41) is 11.2. The molecule has 0 radical (unpaired) electrons. The van der Waals surface area contributed by atoms with E-state index in [1.807, 2.05) is 11.5 Å². The Balaban J connectivity index is 2.17. The van der Waals surface area contributed by atoms with E-state index >= 15 is 0 Å². The predicted octanol–water partition coefficient (Wildman–Crippen LogP) is 1.49. The van der Waals surface area contributed by atoms with Gasteiger partial charge in [-0.25, -0.2) is 9.78 Å². The van der Waals surface area contributed by atoms with Crippen molar-refractivity contribution in [3.05, 3.63) is 17.2 Å². The normalized spacial score (nSPS) is 16.3. The van der Waals surface area contributed by atoms with Crippen molar-refractivity contribution in [1.29, 1.82) is 0 Å². The summed E-state index contributed by atoms with van der Waals surface area (Å²) in [7, 11) is 0. The van der Waals surface area contributed by atoms with Gasteiger partial charge < -0.3 is 15.7 Å². The molecule has 0 fully saturated rings. The summed E-state index contributed by atoms with van der Waals surface area (Å²) < 4.78 is 0. The lowest BCUT2D eigenvalue weighted by atomic mass is 10.1. The third-order valence-corrected chi connectivity index (χ3v) is 2.95. The first-order chi connectivity index (χ1) is 7.16. The summed E-state index contributed by atoms with van der Waals surface area (Å²) in [5.41, 5.74) is 7.27. The van der Waals surface area contributed by atoms with E-state index in [9.17, 15) is 4.79 Å². The number of hydrogen-bond donors (Lipinski definition) is 2. The lowest BCUT2D eigenvalue weighted by Crippen LogP contribution is -2.34. The van der Waals surface area contributed by atoms with Gasteiger partial charge in [-0.2, -0.15) is 0 Å². The molecule has 0 aromatic carbocycles.